The predicted octanol–water partition coefficient (Wildman–Crippen LogP) is 2.28. The first-order valence-corrected chi connectivity index (χ1v) is 6.15. The Morgan fingerprint density at radius 1 is 1.29 bits per heavy atom. The second-order valence-electron chi connectivity index (χ2n) is 4.55. The Balaban J connectivity index is 3.13. The molecule has 2 atom stereocenters. The number of ether oxygens (including phenoxy) is 1. The first-order valence-electron chi connectivity index (χ1n) is 6.15. The first-order chi connectivity index (χ1) is 8.15. The average molecular weight is 236 g/mol. The highest BCUT2D eigenvalue weighted by Gasteiger charge is 2.25. The van der Waals surface area contributed by atoms with Crippen molar-refractivity contribution in [3.05, 3.63) is 29.8 Å². The van der Waals surface area contributed by atoms with Gasteiger partial charge in [0.1, 0.15) is 5.75 Å². The van der Waals surface area contributed by atoms with Gasteiger partial charge in [-0.25, -0.2) is 0 Å². The van der Waals surface area contributed by atoms with E-state index in [0.29, 0.717) is 18.5 Å². The van der Waals surface area contributed by atoms with Gasteiger partial charge in [-0.05, 0) is 32.6 Å². The topological polar surface area (TPSA) is 38.5 Å². The van der Waals surface area contributed by atoms with Gasteiger partial charge in [-0.2, -0.15) is 0 Å². The van der Waals surface area contributed by atoms with Crippen LogP contribution < -0.4 is 10.5 Å². The van der Waals surface area contributed by atoms with E-state index in [1.165, 1.54) is 5.56 Å². The summed E-state index contributed by atoms with van der Waals surface area (Å²) in [5.74, 6) is 1.39. The molecule has 1 aromatic rings. The van der Waals surface area contributed by atoms with Gasteiger partial charge in [0.15, 0.2) is 0 Å². The quantitative estimate of drug-likeness (QED) is 0.823. The standard InChI is InChI=1S/C14H24N2O/c1-5-11(10-15)14(16(2)3)12-8-6-7-9-13(12)17-4/h6-9,11,14H,5,10,15H2,1-4H3. The highest BCUT2D eigenvalue weighted by molar-refractivity contribution is 5.36. The lowest BCUT2D eigenvalue weighted by Gasteiger charge is -2.32. The highest BCUT2D eigenvalue weighted by Crippen LogP contribution is 2.34. The Morgan fingerprint density at radius 3 is 2.41 bits per heavy atom. The van der Waals surface area contributed by atoms with Gasteiger partial charge in [0.25, 0.3) is 0 Å². The molecule has 0 amide bonds. The third-order valence-corrected chi connectivity index (χ3v) is 3.29. The molecule has 0 aromatic heterocycles. The fourth-order valence-electron chi connectivity index (χ4n) is 2.38. The van der Waals surface area contributed by atoms with Crippen LogP contribution in [0.3, 0.4) is 0 Å². The SMILES string of the molecule is CCC(CN)C(c1ccccc1OC)N(C)C. The van der Waals surface area contributed by atoms with E-state index in [2.05, 4.69) is 38.1 Å². The van der Waals surface area contributed by atoms with Gasteiger partial charge >= 0.3 is 0 Å². The number of hydrogen-bond acceptors (Lipinski definition) is 3. The Labute approximate surface area is 105 Å². The summed E-state index contributed by atoms with van der Waals surface area (Å²) in [6.45, 7) is 2.88. The van der Waals surface area contributed by atoms with Gasteiger partial charge in [0.05, 0.1) is 7.11 Å². The second-order valence-corrected chi connectivity index (χ2v) is 4.55. The third kappa shape index (κ3) is 3.20. The summed E-state index contributed by atoms with van der Waals surface area (Å²) in [6, 6.07) is 8.49. The van der Waals surface area contributed by atoms with Crippen molar-refractivity contribution < 1.29 is 4.74 Å². The molecule has 2 N–H and O–H groups in total. The molecular weight excluding hydrogens is 212 g/mol. The molecular formula is C14H24N2O. The number of para-hydroxylation sites is 1. The molecule has 3 nitrogen and oxygen atoms in total. The minimum absolute atomic E-state index is 0.307. The van der Waals surface area contributed by atoms with Crippen LogP contribution in [0.5, 0.6) is 5.75 Å². The summed E-state index contributed by atoms with van der Waals surface area (Å²) in [4.78, 5) is 2.22. The first kappa shape index (κ1) is 14.0. The molecule has 1 rings (SSSR count). The van der Waals surface area contributed by atoms with Crippen LogP contribution in [0, 0.1) is 5.92 Å². The van der Waals surface area contributed by atoms with E-state index in [-0.39, 0.29) is 0 Å². The summed E-state index contributed by atoms with van der Waals surface area (Å²) in [5, 5.41) is 0. The third-order valence-electron chi connectivity index (χ3n) is 3.29. The van der Waals surface area contributed by atoms with E-state index >= 15 is 0 Å². The van der Waals surface area contributed by atoms with Crippen molar-refractivity contribution in [2.45, 2.75) is 19.4 Å². The van der Waals surface area contributed by atoms with Crippen molar-refractivity contribution in [2.75, 3.05) is 27.7 Å². The summed E-state index contributed by atoms with van der Waals surface area (Å²) < 4.78 is 5.45. The molecule has 0 heterocycles. The Kier molecular flexibility index (Phi) is 5.45. The molecule has 1 aromatic carbocycles. The number of benzene rings is 1. The maximum atomic E-state index is 5.88. The van der Waals surface area contributed by atoms with E-state index in [1.807, 2.05) is 12.1 Å². The van der Waals surface area contributed by atoms with Crippen molar-refractivity contribution >= 4 is 0 Å². The monoisotopic (exact) mass is 236 g/mol. The molecule has 0 radical (unpaired) electrons. The Hall–Kier alpha value is -1.06. The number of nitrogens with two attached hydrogens (primary N) is 1. The molecule has 0 saturated carbocycles. The van der Waals surface area contributed by atoms with E-state index in [1.54, 1.807) is 7.11 Å². The maximum absolute atomic E-state index is 5.88. The number of methoxy groups -OCH3 is 1. The van der Waals surface area contributed by atoms with Crippen LogP contribution in [0.2, 0.25) is 0 Å². The lowest BCUT2D eigenvalue weighted by atomic mass is 9.89. The highest BCUT2D eigenvalue weighted by atomic mass is 16.5. The van der Waals surface area contributed by atoms with Gasteiger partial charge in [-0.15, -0.1) is 0 Å². The number of hydrogen-bond donors (Lipinski definition) is 1. The largest absolute Gasteiger partial charge is 0.496 e. The lowest BCUT2D eigenvalue weighted by Crippen LogP contribution is -2.32. The maximum Gasteiger partial charge on any atom is 0.123 e. The van der Waals surface area contributed by atoms with Crippen molar-refractivity contribution in [3.8, 4) is 5.75 Å². The number of nitrogens with zero attached hydrogens (tertiary/aromatic N) is 1. The van der Waals surface area contributed by atoms with Gasteiger partial charge in [0.2, 0.25) is 0 Å². The molecule has 3 heteroatoms. The summed E-state index contributed by atoms with van der Waals surface area (Å²) in [6.07, 6.45) is 1.07. The summed E-state index contributed by atoms with van der Waals surface area (Å²) in [7, 11) is 5.90. The fraction of sp³-hybridized carbons (Fsp3) is 0.571. The van der Waals surface area contributed by atoms with E-state index in [0.717, 1.165) is 12.2 Å². The molecule has 0 aliphatic rings. The van der Waals surface area contributed by atoms with Crippen LogP contribution in [0.25, 0.3) is 0 Å². The predicted molar refractivity (Wildman–Crippen MR) is 72.3 cm³/mol. The summed E-state index contributed by atoms with van der Waals surface area (Å²) in [5.41, 5.74) is 7.10. The van der Waals surface area contributed by atoms with E-state index < -0.39 is 0 Å². The zero-order valence-corrected chi connectivity index (χ0v) is 11.3. The van der Waals surface area contributed by atoms with Crippen molar-refractivity contribution in [1.29, 1.82) is 0 Å². The Morgan fingerprint density at radius 2 is 1.94 bits per heavy atom. The second kappa shape index (κ2) is 6.62. The Bertz CT molecular complexity index is 335. The number of rotatable bonds is 6. The molecule has 0 spiro atoms. The molecule has 96 valence electrons. The zero-order valence-electron chi connectivity index (χ0n) is 11.3. The summed E-state index contributed by atoms with van der Waals surface area (Å²) >= 11 is 0. The van der Waals surface area contributed by atoms with Crippen LogP contribution in [0.4, 0.5) is 0 Å². The van der Waals surface area contributed by atoms with Crippen LogP contribution in [0.15, 0.2) is 24.3 Å². The minimum atomic E-state index is 0.307. The van der Waals surface area contributed by atoms with Gasteiger partial charge in [-0.1, -0.05) is 31.5 Å². The van der Waals surface area contributed by atoms with Crippen molar-refractivity contribution in [1.82, 2.24) is 4.90 Å². The van der Waals surface area contributed by atoms with Crippen molar-refractivity contribution in [2.24, 2.45) is 11.7 Å². The normalized spacial score (nSPS) is 14.7. The van der Waals surface area contributed by atoms with Crippen molar-refractivity contribution in [3.63, 3.8) is 0 Å². The molecule has 0 saturated heterocycles. The van der Waals surface area contributed by atoms with Crippen LogP contribution >= 0.6 is 0 Å². The van der Waals surface area contributed by atoms with E-state index in [4.69, 9.17) is 10.5 Å². The molecule has 0 aliphatic heterocycles. The fourth-order valence-corrected chi connectivity index (χ4v) is 2.38. The molecule has 17 heavy (non-hydrogen) atoms. The molecule has 0 fully saturated rings. The van der Waals surface area contributed by atoms with Gasteiger partial charge in [-0.3, -0.25) is 0 Å². The van der Waals surface area contributed by atoms with Crippen LogP contribution in [-0.2, 0) is 0 Å². The smallest absolute Gasteiger partial charge is 0.123 e. The molecule has 2 unspecified atom stereocenters. The average Bonchev–Trinajstić information content (AvgIpc) is 2.35. The zero-order chi connectivity index (χ0) is 12.8. The van der Waals surface area contributed by atoms with Crippen LogP contribution in [0.1, 0.15) is 24.9 Å². The molecule has 0 bridgehead atoms. The lowest BCUT2D eigenvalue weighted by molar-refractivity contribution is 0.205. The van der Waals surface area contributed by atoms with Gasteiger partial charge < -0.3 is 15.4 Å². The van der Waals surface area contributed by atoms with Gasteiger partial charge in [0, 0.05) is 11.6 Å². The van der Waals surface area contributed by atoms with E-state index in [9.17, 15) is 0 Å². The minimum Gasteiger partial charge on any atom is -0.496 e. The van der Waals surface area contributed by atoms with Crippen LogP contribution in [-0.4, -0.2) is 32.6 Å². The molecule has 0 aliphatic carbocycles.